The van der Waals surface area contributed by atoms with Crippen molar-refractivity contribution in [3.63, 3.8) is 0 Å². The van der Waals surface area contributed by atoms with Crippen LogP contribution in [0.1, 0.15) is 6.92 Å². The van der Waals surface area contributed by atoms with Gasteiger partial charge in [-0.05, 0) is 6.92 Å². The van der Waals surface area contributed by atoms with Gasteiger partial charge in [-0.1, -0.05) is 0 Å². The first kappa shape index (κ1) is 10.1. The smallest absolute Gasteiger partial charge is 0.355 e. The van der Waals surface area contributed by atoms with Gasteiger partial charge >= 0.3 is 9.05 Å². The zero-order valence-corrected chi connectivity index (χ0v) is 7.71. The summed E-state index contributed by atoms with van der Waals surface area (Å²) in [6, 6.07) is 0. The maximum absolute atomic E-state index is 5.02. The number of hydrogen-bond acceptors (Lipinski definition) is 4. The van der Waals surface area contributed by atoms with E-state index in [0.29, 0.717) is 0 Å². The Morgan fingerprint density at radius 1 is 1.00 bits per heavy atom. The highest BCUT2D eigenvalue weighted by atomic mass is 28.4. The van der Waals surface area contributed by atoms with Crippen LogP contribution in [0, 0.1) is 6.61 Å². The zero-order valence-electron chi connectivity index (χ0n) is 6.71. The molecule has 0 heterocycles. The van der Waals surface area contributed by atoms with Crippen molar-refractivity contribution in [3.05, 3.63) is 6.61 Å². The second kappa shape index (κ2) is 4.81. The summed E-state index contributed by atoms with van der Waals surface area (Å²) in [6.07, 6.45) is 0. The Morgan fingerprint density at radius 3 is 1.50 bits per heavy atom. The Morgan fingerprint density at radius 2 is 1.40 bits per heavy atom. The van der Waals surface area contributed by atoms with E-state index >= 15 is 0 Å². The van der Waals surface area contributed by atoms with E-state index in [0.717, 1.165) is 0 Å². The summed E-state index contributed by atoms with van der Waals surface area (Å²) in [6.45, 7) is 3.22. The van der Waals surface area contributed by atoms with Crippen LogP contribution < -0.4 is 0 Å². The maximum Gasteiger partial charge on any atom is 0.679 e. The van der Waals surface area contributed by atoms with Crippen molar-refractivity contribution in [1.82, 2.24) is 0 Å². The summed E-state index contributed by atoms with van der Waals surface area (Å²) >= 11 is 0. The molecule has 0 aliphatic carbocycles. The number of rotatable bonds is 5. The summed E-state index contributed by atoms with van der Waals surface area (Å²) in [5.74, 6) is 0. The van der Waals surface area contributed by atoms with Crippen molar-refractivity contribution in [2.45, 2.75) is 6.92 Å². The van der Waals surface area contributed by atoms with Crippen LogP contribution in [0.15, 0.2) is 0 Å². The van der Waals surface area contributed by atoms with E-state index in [-0.39, 0.29) is 0 Å². The van der Waals surface area contributed by atoms with Gasteiger partial charge < -0.3 is 17.7 Å². The lowest BCUT2D eigenvalue weighted by molar-refractivity contribution is 0.0249. The summed E-state index contributed by atoms with van der Waals surface area (Å²) in [5, 5.41) is 0. The molecule has 0 bridgehead atoms. The first-order valence-corrected chi connectivity index (χ1v) is 4.49. The molecular formula is C5H13O4Si. The molecule has 0 aromatic carbocycles. The normalized spacial score (nSPS) is 12.0. The van der Waals surface area contributed by atoms with Gasteiger partial charge in [0, 0.05) is 21.3 Å². The predicted molar refractivity (Wildman–Crippen MR) is 37.8 cm³/mol. The first-order chi connectivity index (χ1) is 4.74. The molecule has 0 saturated heterocycles. The van der Waals surface area contributed by atoms with Gasteiger partial charge in [-0.15, -0.1) is 0 Å². The summed E-state index contributed by atoms with van der Waals surface area (Å²) < 4.78 is 19.8. The van der Waals surface area contributed by atoms with Crippen molar-refractivity contribution < 1.29 is 17.7 Å². The lowest BCUT2D eigenvalue weighted by Crippen LogP contribution is -2.45. The van der Waals surface area contributed by atoms with Gasteiger partial charge in [0.25, 0.3) is 0 Å². The molecular weight excluding hydrogens is 152 g/mol. The Balaban J connectivity index is 3.87. The van der Waals surface area contributed by atoms with Crippen molar-refractivity contribution in [2.75, 3.05) is 21.3 Å². The van der Waals surface area contributed by atoms with E-state index in [2.05, 4.69) is 0 Å². The fraction of sp³-hybridized carbons (Fsp3) is 0.800. The maximum atomic E-state index is 5.02. The lowest BCUT2D eigenvalue weighted by atomic mass is 10.9. The molecule has 0 amide bonds. The minimum Gasteiger partial charge on any atom is -0.355 e. The molecule has 1 radical (unpaired) electrons. The fourth-order valence-corrected chi connectivity index (χ4v) is 1.62. The van der Waals surface area contributed by atoms with E-state index in [1.165, 1.54) is 27.9 Å². The molecule has 5 heteroatoms. The van der Waals surface area contributed by atoms with Gasteiger partial charge in [0.15, 0.2) is 0 Å². The molecule has 10 heavy (non-hydrogen) atoms. The Labute approximate surface area is 62.5 Å². The highest BCUT2D eigenvalue weighted by Gasteiger charge is 2.41. The van der Waals surface area contributed by atoms with Crippen LogP contribution >= 0.6 is 0 Å². The molecule has 0 aliphatic rings. The van der Waals surface area contributed by atoms with Gasteiger partial charge in [0.05, 0.1) is 6.61 Å². The van der Waals surface area contributed by atoms with Crippen LogP contribution in [0.3, 0.4) is 0 Å². The second-order valence-electron chi connectivity index (χ2n) is 1.47. The largest absolute Gasteiger partial charge is 0.679 e. The monoisotopic (exact) mass is 165 g/mol. The zero-order chi connectivity index (χ0) is 8.04. The third-order valence-corrected chi connectivity index (χ3v) is 3.04. The standard InChI is InChI=1S/C5H13O4Si/c1-5-9-10(6-2,7-3)8-4/h5H,1-4H3. The van der Waals surface area contributed by atoms with Crippen molar-refractivity contribution in [1.29, 1.82) is 0 Å². The molecule has 0 aromatic rings. The van der Waals surface area contributed by atoms with Gasteiger partial charge in [0.2, 0.25) is 0 Å². The van der Waals surface area contributed by atoms with Crippen LogP contribution in [0.2, 0.25) is 0 Å². The van der Waals surface area contributed by atoms with Crippen molar-refractivity contribution in [2.24, 2.45) is 0 Å². The van der Waals surface area contributed by atoms with Gasteiger partial charge in [0.1, 0.15) is 0 Å². The number of hydrogen-bond donors (Lipinski definition) is 0. The molecule has 0 fully saturated rings. The van der Waals surface area contributed by atoms with E-state index in [9.17, 15) is 0 Å². The van der Waals surface area contributed by atoms with E-state index < -0.39 is 9.05 Å². The third kappa shape index (κ3) is 2.35. The van der Waals surface area contributed by atoms with Gasteiger partial charge in [-0.3, -0.25) is 0 Å². The summed E-state index contributed by atoms with van der Waals surface area (Å²) in [7, 11) is 1.69. The average molecular weight is 165 g/mol. The highest BCUT2D eigenvalue weighted by Crippen LogP contribution is 2.08. The minimum atomic E-state index is -2.77. The molecule has 0 saturated carbocycles. The van der Waals surface area contributed by atoms with Crippen LogP contribution in [0.5, 0.6) is 0 Å². The molecule has 0 N–H and O–H groups in total. The predicted octanol–water partition coefficient (Wildman–Crippen LogP) is 0.559. The Hall–Kier alpha value is 0.0569. The SMILES string of the molecule is C[CH]O[Si](OC)(OC)OC. The molecule has 0 unspecified atom stereocenters. The quantitative estimate of drug-likeness (QED) is 0.558. The van der Waals surface area contributed by atoms with Crippen LogP contribution in [-0.4, -0.2) is 30.4 Å². The van der Waals surface area contributed by atoms with Gasteiger partial charge in [-0.25, -0.2) is 0 Å². The summed E-state index contributed by atoms with van der Waals surface area (Å²) in [5.41, 5.74) is 0. The molecule has 0 rings (SSSR count). The Kier molecular flexibility index (Phi) is 4.84. The van der Waals surface area contributed by atoms with Crippen molar-refractivity contribution >= 4 is 9.05 Å². The van der Waals surface area contributed by atoms with E-state index in [1.807, 2.05) is 0 Å². The average Bonchev–Trinajstić information content (AvgIpc) is 2.01. The molecule has 0 atom stereocenters. The molecule has 0 aliphatic heterocycles. The molecule has 4 nitrogen and oxygen atoms in total. The van der Waals surface area contributed by atoms with Crippen LogP contribution in [0.25, 0.3) is 0 Å². The molecule has 61 valence electrons. The van der Waals surface area contributed by atoms with E-state index in [1.54, 1.807) is 6.92 Å². The second-order valence-corrected chi connectivity index (χ2v) is 3.93. The minimum absolute atomic E-state index is 1.49. The molecule has 0 spiro atoms. The topological polar surface area (TPSA) is 36.9 Å². The Bertz CT molecular complexity index is 75.5. The first-order valence-electron chi connectivity index (χ1n) is 2.85. The highest BCUT2D eigenvalue weighted by molar-refractivity contribution is 6.53. The summed E-state index contributed by atoms with van der Waals surface area (Å²) in [4.78, 5) is 0. The molecule has 0 aromatic heterocycles. The van der Waals surface area contributed by atoms with Crippen molar-refractivity contribution in [3.8, 4) is 0 Å². The fourth-order valence-electron chi connectivity index (χ4n) is 0.539. The van der Waals surface area contributed by atoms with Crippen LogP contribution in [0.4, 0.5) is 0 Å². The lowest BCUT2D eigenvalue weighted by Gasteiger charge is -2.21. The van der Waals surface area contributed by atoms with Gasteiger partial charge in [-0.2, -0.15) is 0 Å². The van der Waals surface area contributed by atoms with Crippen LogP contribution in [-0.2, 0) is 17.7 Å². The third-order valence-electron chi connectivity index (χ3n) is 1.01. The van der Waals surface area contributed by atoms with E-state index in [4.69, 9.17) is 17.7 Å².